The van der Waals surface area contributed by atoms with E-state index in [0.29, 0.717) is 32.6 Å². The minimum absolute atomic E-state index is 0.0835. The third-order valence-corrected chi connectivity index (χ3v) is 6.36. The van der Waals surface area contributed by atoms with Gasteiger partial charge < -0.3 is 15.1 Å². The Hall–Kier alpha value is -3.19. The summed E-state index contributed by atoms with van der Waals surface area (Å²) in [6.45, 7) is 6.16. The summed E-state index contributed by atoms with van der Waals surface area (Å²) >= 11 is 1.58. The van der Waals surface area contributed by atoms with Gasteiger partial charge in [-0.1, -0.05) is 48.0 Å². The highest BCUT2D eigenvalue weighted by atomic mass is 32.1. The van der Waals surface area contributed by atoms with Crippen LogP contribution in [-0.2, 0) is 11.2 Å². The molecule has 1 saturated heterocycles. The molecule has 0 aliphatic carbocycles. The molecule has 2 heterocycles. The van der Waals surface area contributed by atoms with E-state index >= 15 is 0 Å². The maximum Gasteiger partial charge on any atom is 0.321 e. The van der Waals surface area contributed by atoms with E-state index in [1.807, 2.05) is 42.2 Å². The van der Waals surface area contributed by atoms with Crippen molar-refractivity contribution in [3.8, 4) is 11.3 Å². The predicted molar refractivity (Wildman–Crippen MR) is 124 cm³/mol. The van der Waals surface area contributed by atoms with Crippen molar-refractivity contribution >= 4 is 29.0 Å². The fourth-order valence-electron chi connectivity index (χ4n) is 3.66. The summed E-state index contributed by atoms with van der Waals surface area (Å²) in [5.74, 6) is 0.0835. The van der Waals surface area contributed by atoms with Crippen LogP contribution >= 0.6 is 11.3 Å². The molecule has 1 aromatic heterocycles. The largest absolute Gasteiger partial charge is 0.339 e. The molecule has 1 fully saturated rings. The number of benzene rings is 2. The first-order chi connectivity index (χ1) is 15.0. The standard InChI is InChI=1S/C24H26N4O2S/c1-17-8-10-19(11-9-17)23-21(31-18(2)25-23)16-22(29)27-12-14-28(15-13-27)24(30)26-20-6-4-3-5-7-20/h3-11H,12-16H2,1-2H3,(H,26,30). The van der Waals surface area contributed by atoms with Crippen LogP contribution in [0.1, 0.15) is 15.4 Å². The number of carbonyl (C=O) groups is 2. The van der Waals surface area contributed by atoms with Gasteiger partial charge >= 0.3 is 6.03 Å². The Morgan fingerprint density at radius 1 is 0.935 bits per heavy atom. The molecule has 2 aromatic carbocycles. The number of thiazole rings is 1. The van der Waals surface area contributed by atoms with Gasteiger partial charge in [0.25, 0.3) is 0 Å². The average molecular weight is 435 g/mol. The minimum atomic E-state index is -0.127. The number of piperazine rings is 1. The third-order valence-electron chi connectivity index (χ3n) is 5.39. The fraction of sp³-hybridized carbons (Fsp3) is 0.292. The molecule has 31 heavy (non-hydrogen) atoms. The molecule has 3 amide bonds. The number of nitrogens with zero attached hydrogens (tertiary/aromatic N) is 3. The molecule has 160 valence electrons. The maximum absolute atomic E-state index is 13.0. The summed E-state index contributed by atoms with van der Waals surface area (Å²) in [5.41, 5.74) is 3.91. The number of hydrogen-bond donors (Lipinski definition) is 1. The van der Waals surface area contributed by atoms with Crippen molar-refractivity contribution in [2.75, 3.05) is 31.5 Å². The van der Waals surface area contributed by atoms with Gasteiger partial charge in [-0.25, -0.2) is 9.78 Å². The third kappa shape index (κ3) is 5.11. The van der Waals surface area contributed by atoms with Crippen LogP contribution in [-0.4, -0.2) is 52.9 Å². The SMILES string of the molecule is Cc1ccc(-c2nc(C)sc2CC(=O)N2CCN(C(=O)Nc3ccccc3)CC2)cc1. The van der Waals surface area contributed by atoms with E-state index in [1.54, 1.807) is 16.2 Å². The highest BCUT2D eigenvalue weighted by molar-refractivity contribution is 7.12. The lowest BCUT2D eigenvalue weighted by molar-refractivity contribution is -0.131. The van der Waals surface area contributed by atoms with Gasteiger partial charge in [0.05, 0.1) is 17.1 Å². The van der Waals surface area contributed by atoms with E-state index < -0.39 is 0 Å². The molecular formula is C24H26N4O2S. The van der Waals surface area contributed by atoms with Crippen LogP contribution in [0.25, 0.3) is 11.3 Å². The molecule has 0 radical (unpaired) electrons. The topological polar surface area (TPSA) is 65.5 Å². The highest BCUT2D eigenvalue weighted by Gasteiger charge is 2.25. The molecule has 1 aliphatic rings. The normalized spacial score (nSPS) is 13.9. The lowest BCUT2D eigenvalue weighted by atomic mass is 10.1. The number of nitrogens with one attached hydrogen (secondary N) is 1. The fourth-order valence-corrected chi connectivity index (χ4v) is 4.61. The molecule has 1 N–H and O–H groups in total. The molecule has 0 unspecified atom stereocenters. The highest BCUT2D eigenvalue weighted by Crippen LogP contribution is 2.29. The van der Waals surface area contributed by atoms with Crippen LogP contribution < -0.4 is 5.32 Å². The van der Waals surface area contributed by atoms with Crippen molar-refractivity contribution in [2.24, 2.45) is 0 Å². The number of hydrogen-bond acceptors (Lipinski definition) is 4. The van der Waals surface area contributed by atoms with Gasteiger partial charge in [0.2, 0.25) is 5.91 Å². The lowest BCUT2D eigenvalue weighted by Gasteiger charge is -2.34. The summed E-state index contributed by atoms with van der Waals surface area (Å²) in [6, 6.07) is 17.5. The molecule has 0 bridgehead atoms. The number of carbonyl (C=O) groups excluding carboxylic acids is 2. The first-order valence-corrected chi connectivity index (χ1v) is 11.2. The quantitative estimate of drug-likeness (QED) is 0.664. The molecular weight excluding hydrogens is 408 g/mol. The second-order valence-corrected chi connectivity index (χ2v) is 9.00. The molecule has 0 atom stereocenters. The van der Waals surface area contributed by atoms with Gasteiger partial charge in [0.1, 0.15) is 0 Å². The van der Waals surface area contributed by atoms with Crippen LogP contribution in [0.15, 0.2) is 54.6 Å². The van der Waals surface area contributed by atoms with E-state index in [-0.39, 0.29) is 11.9 Å². The van der Waals surface area contributed by atoms with Gasteiger partial charge in [0.15, 0.2) is 0 Å². The molecule has 4 rings (SSSR count). The van der Waals surface area contributed by atoms with Gasteiger partial charge in [-0.3, -0.25) is 4.79 Å². The summed E-state index contributed by atoms with van der Waals surface area (Å²) in [4.78, 5) is 34.7. The molecule has 7 heteroatoms. The van der Waals surface area contributed by atoms with E-state index in [9.17, 15) is 9.59 Å². The van der Waals surface area contributed by atoms with Gasteiger partial charge in [-0.2, -0.15) is 0 Å². The monoisotopic (exact) mass is 434 g/mol. The number of amides is 3. The zero-order valence-corrected chi connectivity index (χ0v) is 18.6. The molecule has 3 aromatic rings. The molecule has 1 aliphatic heterocycles. The van der Waals surface area contributed by atoms with Crippen LogP contribution in [0.2, 0.25) is 0 Å². The molecule has 0 spiro atoms. The number of aryl methyl sites for hydroxylation is 2. The van der Waals surface area contributed by atoms with Crippen molar-refractivity contribution in [3.05, 3.63) is 70.0 Å². The van der Waals surface area contributed by atoms with Crippen LogP contribution in [0.5, 0.6) is 0 Å². The van der Waals surface area contributed by atoms with Crippen LogP contribution in [0.4, 0.5) is 10.5 Å². The number of anilines is 1. The van der Waals surface area contributed by atoms with Crippen molar-refractivity contribution in [2.45, 2.75) is 20.3 Å². The summed E-state index contributed by atoms with van der Waals surface area (Å²) in [5, 5.41) is 3.86. The summed E-state index contributed by atoms with van der Waals surface area (Å²) in [7, 11) is 0. The van der Waals surface area contributed by atoms with Crippen molar-refractivity contribution in [3.63, 3.8) is 0 Å². The van der Waals surface area contributed by atoms with E-state index in [1.165, 1.54) is 5.56 Å². The Morgan fingerprint density at radius 2 is 1.58 bits per heavy atom. The first-order valence-electron chi connectivity index (χ1n) is 10.4. The van der Waals surface area contributed by atoms with Crippen LogP contribution in [0, 0.1) is 13.8 Å². The van der Waals surface area contributed by atoms with Gasteiger partial charge in [0, 0.05) is 42.3 Å². The molecule has 0 saturated carbocycles. The number of para-hydroxylation sites is 1. The second-order valence-electron chi connectivity index (χ2n) is 7.71. The van der Waals surface area contributed by atoms with E-state index in [2.05, 4.69) is 41.5 Å². The second kappa shape index (κ2) is 9.31. The maximum atomic E-state index is 13.0. The summed E-state index contributed by atoms with van der Waals surface area (Å²) < 4.78 is 0. The number of aromatic nitrogens is 1. The number of urea groups is 1. The number of rotatable bonds is 4. The van der Waals surface area contributed by atoms with Crippen molar-refractivity contribution < 1.29 is 9.59 Å². The first kappa shape index (κ1) is 21.1. The van der Waals surface area contributed by atoms with E-state index in [4.69, 9.17) is 0 Å². The zero-order valence-electron chi connectivity index (χ0n) is 17.8. The smallest absolute Gasteiger partial charge is 0.321 e. The van der Waals surface area contributed by atoms with Crippen LogP contribution in [0.3, 0.4) is 0 Å². The summed E-state index contributed by atoms with van der Waals surface area (Å²) in [6.07, 6.45) is 0.338. The lowest BCUT2D eigenvalue weighted by Crippen LogP contribution is -2.52. The van der Waals surface area contributed by atoms with Crippen molar-refractivity contribution in [1.82, 2.24) is 14.8 Å². The van der Waals surface area contributed by atoms with E-state index in [0.717, 1.165) is 26.8 Å². The average Bonchev–Trinajstić information content (AvgIpc) is 3.15. The van der Waals surface area contributed by atoms with Gasteiger partial charge in [-0.05, 0) is 26.0 Å². The minimum Gasteiger partial charge on any atom is -0.339 e. The van der Waals surface area contributed by atoms with Gasteiger partial charge in [-0.15, -0.1) is 11.3 Å². The van der Waals surface area contributed by atoms with Crippen molar-refractivity contribution in [1.29, 1.82) is 0 Å². The Bertz CT molecular complexity index is 1050. The Balaban J connectivity index is 1.35. The molecule has 6 nitrogen and oxygen atoms in total. The Kier molecular flexibility index (Phi) is 6.32. The Morgan fingerprint density at radius 3 is 2.26 bits per heavy atom. The zero-order chi connectivity index (χ0) is 21.8. The predicted octanol–water partition coefficient (Wildman–Crippen LogP) is 4.35. The Labute approximate surface area is 186 Å².